The first-order valence-corrected chi connectivity index (χ1v) is 4.41. The van der Waals surface area contributed by atoms with Crippen molar-refractivity contribution in [1.29, 1.82) is 0 Å². The third-order valence-corrected chi connectivity index (χ3v) is 2.07. The number of carbonyl (C=O) groups excluding carboxylic acids is 1. The van der Waals surface area contributed by atoms with Gasteiger partial charge in [0.05, 0.1) is 12.7 Å². The molecule has 1 aliphatic rings. The Bertz CT molecular complexity index is 186. The molecule has 1 rings (SSSR count). The Morgan fingerprint density at radius 3 is 2.92 bits per heavy atom. The van der Waals surface area contributed by atoms with Crippen LogP contribution in [0.25, 0.3) is 0 Å². The van der Waals surface area contributed by atoms with Gasteiger partial charge in [-0.1, -0.05) is 0 Å². The van der Waals surface area contributed by atoms with Crippen molar-refractivity contribution in [3.8, 4) is 0 Å². The van der Waals surface area contributed by atoms with Gasteiger partial charge in [-0.3, -0.25) is 9.69 Å². The van der Waals surface area contributed by atoms with Gasteiger partial charge in [-0.05, 0) is 6.92 Å². The lowest BCUT2D eigenvalue weighted by Gasteiger charge is -2.34. The maximum absolute atomic E-state index is 10.9. The number of amides is 1. The summed E-state index contributed by atoms with van der Waals surface area (Å²) in [5, 5.41) is 8.73. The number of hydrogen-bond donors (Lipinski definition) is 2. The van der Waals surface area contributed by atoms with E-state index in [0.29, 0.717) is 13.1 Å². The number of rotatable bonds is 3. The Balaban J connectivity index is 2.47. The fourth-order valence-electron chi connectivity index (χ4n) is 1.52. The molecule has 3 N–H and O–H groups in total. The number of nitrogens with zero attached hydrogens (tertiary/aromatic N) is 1. The van der Waals surface area contributed by atoms with E-state index in [1.54, 1.807) is 0 Å². The van der Waals surface area contributed by atoms with Crippen molar-refractivity contribution in [3.05, 3.63) is 0 Å². The summed E-state index contributed by atoms with van der Waals surface area (Å²) in [7, 11) is 0. The zero-order chi connectivity index (χ0) is 9.84. The largest absolute Gasteiger partial charge is 0.395 e. The summed E-state index contributed by atoms with van der Waals surface area (Å²) >= 11 is 0. The molecule has 5 heteroatoms. The lowest BCUT2D eigenvalue weighted by molar-refractivity contribution is -0.142. The minimum atomic E-state index is -0.532. The van der Waals surface area contributed by atoms with E-state index in [1.807, 2.05) is 11.8 Å². The topological polar surface area (TPSA) is 75.8 Å². The maximum atomic E-state index is 10.9. The highest BCUT2D eigenvalue weighted by Gasteiger charge is 2.28. The summed E-state index contributed by atoms with van der Waals surface area (Å²) < 4.78 is 5.33. The molecule has 76 valence electrons. The minimum Gasteiger partial charge on any atom is -0.395 e. The molecule has 1 saturated heterocycles. The molecule has 0 aromatic rings. The fourth-order valence-corrected chi connectivity index (χ4v) is 1.52. The molecular weight excluding hydrogens is 172 g/mol. The van der Waals surface area contributed by atoms with Gasteiger partial charge in [-0.15, -0.1) is 0 Å². The predicted octanol–water partition coefficient (Wildman–Crippen LogP) is -1.45. The second kappa shape index (κ2) is 4.55. The van der Waals surface area contributed by atoms with Crippen molar-refractivity contribution in [2.24, 2.45) is 5.73 Å². The molecule has 2 atom stereocenters. The Labute approximate surface area is 77.5 Å². The Morgan fingerprint density at radius 2 is 2.38 bits per heavy atom. The standard InChI is InChI=1S/C8H16N2O3/c1-6-4-10(2-3-11)5-7(13-6)8(9)12/h6-7,11H,2-5H2,1H3,(H2,9,12)/t6-,7?/m1/s1. The predicted molar refractivity (Wildman–Crippen MR) is 47.1 cm³/mol. The van der Waals surface area contributed by atoms with E-state index < -0.39 is 12.0 Å². The van der Waals surface area contributed by atoms with Crippen LogP contribution in [0.4, 0.5) is 0 Å². The Morgan fingerprint density at radius 1 is 1.69 bits per heavy atom. The van der Waals surface area contributed by atoms with Gasteiger partial charge < -0.3 is 15.6 Å². The van der Waals surface area contributed by atoms with Gasteiger partial charge in [0.25, 0.3) is 0 Å². The fraction of sp³-hybridized carbons (Fsp3) is 0.875. The number of primary amides is 1. The van der Waals surface area contributed by atoms with Crippen LogP contribution < -0.4 is 5.73 Å². The van der Waals surface area contributed by atoms with Crippen molar-refractivity contribution >= 4 is 5.91 Å². The molecule has 13 heavy (non-hydrogen) atoms. The lowest BCUT2D eigenvalue weighted by Crippen LogP contribution is -2.52. The molecule has 0 aliphatic carbocycles. The Kier molecular flexibility index (Phi) is 3.65. The molecule has 0 spiro atoms. The van der Waals surface area contributed by atoms with Crippen LogP contribution in [0.15, 0.2) is 0 Å². The van der Waals surface area contributed by atoms with Gasteiger partial charge in [0.2, 0.25) is 5.91 Å². The highest BCUT2D eigenvalue weighted by atomic mass is 16.5. The number of aliphatic hydroxyl groups excluding tert-OH is 1. The van der Waals surface area contributed by atoms with Crippen molar-refractivity contribution in [2.75, 3.05) is 26.2 Å². The van der Waals surface area contributed by atoms with Gasteiger partial charge in [0.1, 0.15) is 6.10 Å². The highest BCUT2D eigenvalue weighted by molar-refractivity contribution is 5.79. The normalized spacial score (nSPS) is 30.3. The molecule has 0 radical (unpaired) electrons. The molecule has 1 aliphatic heterocycles. The molecular formula is C8H16N2O3. The first-order chi connectivity index (χ1) is 6.13. The van der Waals surface area contributed by atoms with Crippen LogP contribution in [0.5, 0.6) is 0 Å². The summed E-state index contributed by atoms with van der Waals surface area (Å²) in [4.78, 5) is 12.8. The van der Waals surface area contributed by atoms with E-state index in [1.165, 1.54) is 0 Å². The van der Waals surface area contributed by atoms with Crippen LogP contribution in [0.2, 0.25) is 0 Å². The van der Waals surface area contributed by atoms with E-state index in [-0.39, 0.29) is 12.7 Å². The molecule has 0 saturated carbocycles. The molecule has 5 nitrogen and oxygen atoms in total. The second-order valence-electron chi connectivity index (χ2n) is 3.32. The third-order valence-electron chi connectivity index (χ3n) is 2.07. The van der Waals surface area contributed by atoms with Crippen LogP contribution in [0, 0.1) is 0 Å². The third kappa shape index (κ3) is 2.95. The van der Waals surface area contributed by atoms with E-state index in [4.69, 9.17) is 15.6 Å². The number of ether oxygens (including phenoxy) is 1. The van der Waals surface area contributed by atoms with Crippen molar-refractivity contribution in [2.45, 2.75) is 19.1 Å². The second-order valence-corrected chi connectivity index (χ2v) is 3.32. The van der Waals surface area contributed by atoms with Gasteiger partial charge in [-0.2, -0.15) is 0 Å². The van der Waals surface area contributed by atoms with Crippen LogP contribution in [-0.2, 0) is 9.53 Å². The number of morpholine rings is 1. The van der Waals surface area contributed by atoms with E-state index in [9.17, 15) is 4.79 Å². The monoisotopic (exact) mass is 188 g/mol. The molecule has 1 unspecified atom stereocenters. The number of β-amino-alcohol motifs (C(OH)–C–C–N with tert-alkyl or cyclic N) is 1. The molecule has 0 bridgehead atoms. The summed E-state index contributed by atoms with van der Waals surface area (Å²) in [6, 6.07) is 0. The van der Waals surface area contributed by atoms with Crippen molar-refractivity contribution in [1.82, 2.24) is 4.90 Å². The zero-order valence-corrected chi connectivity index (χ0v) is 7.77. The van der Waals surface area contributed by atoms with E-state index in [0.717, 1.165) is 6.54 Å². The first kappa shape index (κ1) is 10.4. The quantitative estimate of drug-likeness (QED) is 0.568. The van der Waals surface area contributed by atoms with Gasteiger partial charge in [0.15, 0.2) is 0 Å². The summed E-state index contributed by atoms with van der Waals surface area (Å²) in [5.41, 5.74) is 5.13. The van der Waals surface area contributed by atoms with Crippen LogP contribution in [0.1, 0.15) is 6.92 Å². The molecule has 1 fully saturated rings. The van der Waals surface area contributed by atoms with Crippen molar-refractivity contribution < 1.29 is 14.6 Å². The van der Waals surface area contributed by atoms with Crippen LogP contribution in [-0.4, -0.2) is 54.4 Å². The average Bonchev–Trinajstić information content (AvgIpc) is 2.03. The first-order valence-electron chi connectivity index (χ1n) is 4.41. The minimum absolute atomic E-state index is 0.00204. The lowest BCUT2D eigenvalue weighted by atomic mass is 10.2. The molecule has 0 aromatic heterocycles. The SMILES string of the molecule is C[C@@H]1CN(CCO)CC(C(N)=O)O1. The van der Waals surface area contributed by atoms with Crippen molar-refractivity contribution in [3.63, 3.8) is 0 Å². The van der Waals surface area contributed by atoms with Gasteiger partial charge in [0, 0.05) is 19.6 Å². The smallest absolute Gasteiger partial charge is 0.247 e. The van der Waals surface area contributed by atoms with E-state index >= 15 is 0 Å². The Hall–Kier alpha value is -0.650. The number of aliphatic hydroxyl groups is 1. The maximum Gasteiger partial charge on any atom is 0.247 e. The number of nitrogens with two attached hydrogens (primary N) is 1. The molecule has 1 amide bonds. The molecule has 0 aromatic carbocycles. The van der Waals surface area contributed by atoms with Gasteiger partial charge >= 0.3 is 0 Å². The summed E-state index contributed by atoms with van der Waals surface area (Å²) in [5.74, 6) is -0.436. The molecule has 1 heterocycles. The van der Waals surface area contributed by atoms with Crippen LogP contribution in [0.3, 0.4) is 0 Å². The summed E-state index contributed by atoms with van der Waals surface area (Å²) in [6.07, 6.45) is -0.534. The van der Waals surface area contributed by atoms with E-state index in [2.05, 4.69) is 0 Å². The zero-order valence-electron chi connectivity index (χ0n) is 7.77. The number of carbonyl (C=O) groups is 1. The highest BCUT2D eigenvalue weighted by Crippen LogP contribution is 2.09. The van der Waals surface area contributed by atoms with Gasteiger partial charge in [-0.25, -0.2) is 0 Å². The average molecular weight is 188 g/mol. The summed E-state index contributed by atoms with van der Waals surface area (Å²) in [6.45, 7) is 3.78. The number of hydrogen-bond acceptors (Lipinski definition) is 4. The van der Waals surface area contributed by atoms with Crippen LogP contribution >= 0.6 is 0 Å².